The molecule has 1 aromatic carbocycles. The lowest BCUT2D eigenvalue weighted by Crippen LogP contribution is -2.12. The Morgan fingerprint density at radius 2 is 1.90 bits per heavy atom. The smallest absolute Gasteiger partial charge is 0.416 e. The molecule has 3 nitrogen and oxygen atoms in total. The van der Waals surface area contributed by atoms with Gasteiger partial charge >= 0.3 is 12.1 Å². The Labute approximate surface area is 114 Å². The summed E-state index contributed by atoms with van der Waals surface area (Å²) in [5, 5.41) is 0. The fraction of sp³-hybridized carbons (Fsp3) is 0.500. The minimum Gasteiger partial charge on any atom is -0.465 e. The van der Waals surface area contributed by atoms with Crippen molar-refractivity contribution in [3.8, 4) is 0 Å². The van der Waals surface area contributed by atoms with E-state index in [-0.39, 0.29) is 11.5 Å². The number of rotatable bonds is 4. The Kier molecular flexibility index (Phi) is 4.04. The van der Waals surface area contributed by atoms with E-state index in [0.717, 1.165) is 32.1 Å². The molecule has 0 N–H and O–H groups in total. The van der Waals surface area contributed by atoms with Crippen molar-refractivity contribution in [2.24, 2.45) is 5.92 Å². The summed E-state index contributed by atoms with van der Waals surface area (Å²) in [5.41, 5.74) is -0.608. The molecule has 0 amide bonds. The molecule has 0 radical (unpaired) electrons. The molecule has 1 aliphatic rings. The highest BCUT2D eigenvalue weighted by molar-refractivity contribution is 5.89. The number of carbonyl (C=O) groups excluding carboxylic acids is 1. The topological polar surface area (TPSA) is 35.5 Å². The van der Waals surface area contributed by atoms with Crippen molar-refractivity contribution < 1.29 is 27.4 Å². The lowest BCUT2D eigenvalue weighted by Gasteiger charge is -2.18. The van der Waals surface area contributed by atoms with Gasteiger partial charge in [-0.05, 0) is 42.5 Å². The van der Waals surface area contributed by atoms with Crippen molar-refractivity contribution in [1.82, 2.24) is 0 Å². The van der Waals surface area contributed by atoms with E-state index in [0.29, 0.717) is 5.56 Å². The van der Waals surface area contributed by atoms with Crippen molar-refractivity contribution in [2.75, 3.05) is 14.2 Å². The molecule has 0 aliphatic heterocycles. The summed E-state index contributed by atoms with van der Waals surface area (Å²) in [4.78, 5) is 11.5. The number of halogens is 3. The third-order valence-corrected chi connectivity index (χ3v) is 3.34. The van der Waals surface area contributed by atoms with Crippen molar-refractivity contribution >= 4 is 5.97 Å². The first-order chi connectivity index (χ1) is 9.36. The van der Waals surface area contributed by atoms with Gasteiger partial charge in [-0.2, -0.15) is 13.2 Å². The second-order valence-corrected chi connectivity index (χ2v) is 4.83. The van der Waals surface area contributed by atoms with Crippen LogP contribution in [0.1, 0.15) is 40.4 Å². The average Bonchev–Trinajstić information content (AvgIpc) is 3.22. The zero-order chi connectivity index (χ0) is 14.9. The number of hydrogen-bond donors (Lipinski definition) is 0. The van der Waals surface area contributed by atoms with E-state index in [2.05, 4.69) is 4.74 Å². The first kappa shape index (κ1) is 14.8. The second-order valence-electron chi connectivity index (χ2n) is 4.83. The van der Waals surface area contributed by atoms with Gasteiger partial charge in [0.25, 0.3) is 0 Å². The van der Waals surface area contributed by atoms with Gasteiger partial charge in [-0.15, -0.1) is 0 Å². The maximum Gasteiger partial charge on any atom is 0.416 e. The van der Waals surface area contributed by atoms with Crippen LogP contribution in [0.2, 0.25) is 0 Å². The minimum atomic E-state index is -4.51. The molecule has 20 heavy (non-hydrogen) atoms. The Bertz CT molecular complexity index is 507. The molecule has 0 spiro atoms. The minimum absolute atomic E-state index is 0.111. The molecule has 1 aliphatic carbocycles. The third-order valence-electron chi connectivity index (χ3n) is 3.34. The van der Waals surface area contributed by atoms with Crippen LogP contribution < -0.4 is 0 Å². The van der Waals surface area contributed by atoms with Crippen LogP contribution in [0, 0.1) is 5.92 Å². The molecule has 0 aromatic heterocycles. The summed E-state index contributed by atoms with van der Waals surface area (Å²) < 4.78 is 48.5. The zero-order valence-corrected chi connectivity index (χ0v) is 11.2. The first-order valence-corrected chi connectivity index (χ1v) is 6.20. The van der Waals surface area contributed by atoms with Gasteiger partial charge in [-0.3, -0.25) is 0 Å². The van der Waals surface area contributed by atoms with Crippen LogP contribution in [0.4, 0.5) is 13.2 Å². The monoisotopic (exact) mass is 288 g/mol. The van der Waals surface area contributed by atoms with Gasteiger partial charge in [-0.25, -0.2) is 4.79 Å². The second kappa shape index (κ2) is 5.44. The maximum absolute atomic E-state index is 12.9. The van der Waals surface area contributed by atoms with E-state index in [9.17, 15) is 18.0 Å². The summed E-state index contributed by atoms with van der Waals surface area (Å²) >= 11 is 0. The standard InChI is InChI=1S/C14H15F3O3/c1-19-12(8-3-4-8)9-5-10(13(18)20-2)7-11(6-9)14(15,16)17/h5-8,12H,3-4H2,1-2H3. The van der Waals surface area contributed by atoms with Crippen LogP contribution in [0.3, 0.4) is 0 Å². The molecule has 0 bridgehead atoms. The number of alkyl halides is 3. The quantitative estimate of drug-likeness (QED) is 0.794. The van der Waals surface area contributed by atoms with Crippen LogP contribution >= 0.6 is 0 Å². The van der Waals surface area contributed by atoms with Gasteiger partial charge in [0.15, 0.2) is 0 Å². The molecule has 1 fully saturated rings. The normalized spacial score (nSPS) is 16.9. The highest BCUT2D eigenvalue weighted by atomic mass is 19.4. The third kappa shape index (κ3) is 3.12. The highest BCUT2D eigenvalue weighted by Crippen LogP contribution is 2.44. The number of methoxy groups -OCH3 is 2. The average molecular weight is 288 g/mol. The molecule has 1 unspecified atom stereocenters. The summed E-state index contributed by atoms with van der Waals surface area (Å²) in [5.74, 6) is -0.572. The molecule has 6 heteroatoms. The lowest BCUT2D eigenvalue weighted by molar-refractivity contribution is -0.137. The molecule has 2 rings (SSSR count). The van der Waals surface area contributed by atoms with Crippen LogP contribution in [0.15, 0.2) is 18.2 Å². The van der Waals surface area contributed by atoms with E-state index in [4.69, 9.17) is 4.74 Å². The van der Waals surface area contributed by atoms with Crippen molar-refractivity contribution in [3.05, 3.63) is 34.9 Å². The Hall–Kier alpha value is -1.56. The Balaban J connectivity index is 2.47. The SMILES string of the molecule is COC(=O)c1cc(C(OC)C2CC2)cc(C(F)(F)F)c1. The van der Waals surface area contributed by atoms with E-state index >= 15 is 0 Å². The number of hydrogen-bond acceptors (Lipinski definition) is 3. The number of carbonyl (C=O) groups is 1. The number of ether oxygens (including phenoxy) is 2. The van der Waals surface area contributed by atoms with Gasteiger partial charge in [0.2, 0.25) is 0 Å². The highest BCUT2D eigenvalue weighted by Gasteiger charge is 2.36. The van der Waals surface area contributed by atoms with Gasteiger partial charge in [0.1, 0.15) is 0 Å². The van der Waals surface area contributed by atoms with Crippen molar-refractivity contribution in [3.63, 3.8) is 0 Å². The van der Waals surface area contributed by atoms with Crippen LogP contribution in [0.5, 0.6) is 0 Å². The van der Waals surface area contributed by atoms with Crippen molar-refractivity contribution in [2.45, 2.75) is 25.1 Å². The molecule has 1 aromatic rings. The van der Waals surface area contributed by atoms with Gasteiger partial charge in [0, 0.05) is 7.11 Å². The largest absolute Gasteiger partial charge is 0.465 e. The molecular formula is C14H15F3O3. The fourth-order valence-electron chi connectivity index (χ4n) is 2.21. The van der Waals surface area contributed by atoms with Crippen LogP contribution in [0.25, 0.3) is 0 Å². The van der Waals surface area contributed by atoms with Crippen LogP contribution in [-0.4, -0.2) is 20.2 Å². The Morgan fingerprint density at radius 3 is 2.35 bits per heavy atom. The predicted molar refractivity (Wildman–Crippen MR) is 65.3 cm³/mol. The van der Waals surface area contributed by atoms with E-state index in [1.807, 2.05) is 0 Å². The molecule has 0 heterocycles. The van der Waals surface area contributed by atoms with Gasteiger partial charge in [-0.1, -0.05) is 0 Å². The van der Waals surface area contributed by atoms with E-state index in [1.54, 1.807) is 0 Å². The van der Waals surface area contributed by atoms with E-state index < -0.39 is 23.8 Å². The number of esters is 1. The summed E-state index contributed by atoms with van der Waals surface area (Å²) in [6.07, 6.45) is -3.09. The summed E-state index contributed by atoms with van der Waals surface area (Å²) in [7, 11) is 2.60. The Morgan fingerprint density at radius 1 is 1.25 bits per heavy atom. The molecule has 1 atom stereocenters. The lowest BCUT2D eigenvalue weighted by atomic mass is 9.99. The van der Waals surface area contributed by atoms with Crippen molar-refractivity contribution in [1.29, 1.82) is 0 Å². The van der Waals surface area contributed by atoms with Gasteiger partial charge < -0.3 is 9.47 Å². The summed E-state index contributed by atoms with van der Waals surface area (Å²) in [6, 6.07) is 3.25. The van der Waals surface area contributed by atoms with Crippen LogP contribution in [-0.2, 0) is 15.7 Å². The zero-order valence-electron chi connectivity index (χ0n) is 11.2. The molecule has 0 saturated heterocycles. The van der Waals surface area contributed by atoms with Gasteiger partial charge in [0.05, 0.1) is 24.3 Å². The molecular weight excluding hydrogens is 273 g/mol. The predicted octanol–water partition coefficient (Wildman–Crippen LogP) is 3.59. The molecule has 110 valence electrons. The number of benzene rings is 1. The summed E-state index contributed by atoms with van der Waals surface area (Å²) in [6.45, 7) is 0. The molecule has 1 saturated carbocycles. The maximum atomic E-state index is 12.9. The fourth-order valence-corrected chi connectivity index (χ4v) is 2.21. The first-order valence-electron chi connectivity index (χ1n) is 6.20. The van der Waals surface area contributed by atoms with E-state index in [1.165, 1.54) is 13.2 Å².